The normalized spacial score (nSPS) is 10.7. The molecule has 3 aromatic carbocycles. The Labute approximate surface area is 188 Å². The fourth-order valence-corrected chi connectivity index (χ4v) is 5.04. The SMILES string of the molecule is CCNC(=O)c1cccc(NC(=O)c2ccc(CSc3nc4ccccc4s3)cc2)c1. The number of thiazole rings is 1. The number of thioether (sulfide) groups is 1. The van der Waals surface area contributed by atoms with Crippen LogP contribution in [0, 0.1) is 0 Å². The molecule has 0 aliphatic rings. The lowest BCUT2D eigenvalue weighted by Crippen LogP contribution is -2.22. The summed E-state index contributed by atoms with van der Waals surface area (Å²) < 4.78 is 2.23. The van der Waals surface area contributed by atoms with E-state index < -0.39 is 0 Å². The van der Waals surface area contributed by atoms with Crippen molar-refractivity contribution in [2.24, 2.45) is 0 Å². The molecular formula is C24H21N3O2S2. The number of hydrogen-bond donors (Lipinski definition) is 2. The second kappa shape index (κ2) is 9.76. The molecule has 0 bridgehead atoms. The molecule has 0 unspecified atom stereocenters. The minimum Gasteiger partial charge on any atom is -0.352 e. The number of nitrogens with one attached hydrogen (secondary N) is 2. The maximum Gasteiger partial charge on any atom is 0.255 e. The predicted octanol–water partition coefficient (Wildman–Crippen LogP) is 5.59. The Morgan fingerprint density at radius 3 is 2.52 bits per heavy atom. The summed E-state index contributed by atoms with van der Waals surface area (Å²) in [7, 11) is 0. The van der Waals surface area contributed by atoms with Gasteiger partial charge in [0, 0.05) is 29.1 Å². The highest BCUT2D eigenvalue weighted by molar-refractivity contribution is 8.00. The van der Waals surface area contributed by atoms with Gasteiger partial charge >= 0.3 is 0 Å². The van der Waals surface area contributed by atoms with Crippen LogP contribution in [0.1, 0.15) is 33.2 Å². The van der Waals surface area contributed by atoms with Gasteiger partial charge in [0.05, 0.1) is 10.2 Å². The Kier molecular flexibility index (Phi) is 6.64. The number of rotatable bonds is 7. The third-order valence-corrected chi connectivity index (χ3v) is 6.82. The number of aromatic nitrogens is 1. The van der Waals surface area contributed by atoms with Crippen LogP contribution in [-0.2, 0) is 5.75 Å². The van der Waals surface area contributed by atoms with E-state index in [0.717, 1.165) is 21.2 Å². The maximum absolute atomic E-state index is 12.6. The van der Waals surface area contributed by atoms with Crippen molar-refractivity contribution in [1.29, 1.82) is 0 Å². The van der Waals surface area contributed by atoms with Gasteiger partial charge in [-0.3, -0.25) is 9.59 Å². The van der Waals surface area contributed by atoms with E-state index in [4.69, 9.17) is 0 Å². The first kappa shape index (κ1) is 21.1. The molecule has 0 saturated carbocycles. The first-order chi connectivity index (χ1) is 15.1. The largest absolute Gasteiger partial charge is 0.352 e. The van der Waals surface area contributed by atoms with E-state index in [9.17, 15) is 9.59 Å². The molecule has 156 valence electrons. The van der Waals surface area contributed by atoms with Crippen LogP contribution in [0.5, 0.6) is 0 Å². The van der Waals surface area contributed by atoms with E-state index in [1.54, 1.807) is 47.4 Å². The van der Waals surface area contributed by atoms with Crippen LogP contribution in [0.3, 0.4) is 0 Å². The monoisotopic (exact) mass is 447 g/mol. The standard InChI is InChI=1S/C24H21N3O2S2/c1-2-25-22(28)18-6-5-7-19(14-18)26-23(29)17-12-10-16(11-13-17)15-30-24-27-20-8-3-4-9-21(20)31-24/h3-14H,2,15H2,1H3,(H,25,28)(H,26,29). The zero-order valence-corrected chi connectivity index (χ0v) is 18.6. The third kappa shape index (κ3) is 5.31. The molecule has 0 aliphatic carbocycles. The molecule has 2 amide bonds. The molecule has 5 nitrogen and oxygen atoms in total. The summed E-state index contributed by atoms with van der Waals surface area (Å²) in [5, 5.41) is 5.61. The Hall–Kier alpha value is -3.16. The minimum absolute atomic E-state index is 0.159. The second-order valence-electron chi connectivity index (χ2n) is 6.83. The Balaban J connectivity index is 1.37. The summed E-state index contributed by atoms with van der Waals surface area (Å²) in [6.07, 6.45) is 0. The number of fused-ring (bicyclic) bond motifs is 1. The summed E-state index contributed by atoms with van der Waals surface area (Å²) in [5.74, 6) is 0.419. The van der Waals surface area contributed by atoms with Gasteiger partial charge in [0.1, 0.15) is 0 Å². The molecule has 0 atom stereocenters. The topological polar surface area (TPSA) is 71.1 Å². The Morgan fingerprint density at radius 2 is 1.74 bits per heavy atom. The minimum atomic E-state index is -0.210. The molecule has 4 aromatic rings. The lowest BCUT2D eigenvalue weighted by molar-refractivity contribution is 0.0954. The molecule has 0 saturated heterocycles. The van der Waals surface area contributed by atoms with Crippen molar-refractivity contribution in [2.45, 2.75) is 17.0 Å². The summed E-state index contributed by atoms with van der Waals surface area (Å²) in [5.41, 5.74) is 3.82. The number of para-hydroxylation sites is 1. The van der Waals surface area contributed by atoms with Gasteiger partial charge in [-0.2, -0.15) is 0 Å². The average Bonchev–Trinajstić information content (AvgIpc) is 3.21. The van der Waals surface area contributed by atoms with Crippen LogP contribution >= 0.6 is 23.1 Å². The van der Waals surface area contributed by atoms with Crippen molar-refractivity contribution in [1.82, 2.24) is 10.3 Å². The van der Waals surface area contributed by atoms with Gasteiger partial charge in [0.15, 0.2) is 4.34 Å². The third-order valence-electron chi connectivity index (χ3n) is 4.57. The maximum atomic E-state index is 12.6. The molecule has 7 heteroatoms. The predicted molar refractivity (Wildman–Crippen MR) is 128 cm³/mol. The fourth-order valence-electron chi connectivity index (χ4n) is 3.01. The number of nitrogens with zero attached hydrogens (tertiary/aromatic N) is 1. The van der Waals surface area contributed by atoms with E-state index in [1.807, 2.05) is 49.4 Å². The zero-order valence-electron chi connectivity index (χ0n) is 16.9. The first-order valence-electron chi connectivity index (χ1n) is 9.89. The molecule has 4 rings (SSSR count). The van der Waals surface area contributed by atoms with Crippen molar-refractivity contribution >= 4 is 50.8 Å². The summed E-state index contributed by atoms with van der Waals surface area (Å²) in [6, 6.07) is 22.6. The van der Waals surface area contributed by atoms with Crippen molar-refractivity contribution in [3.05, 3.63) is 89.5 Å². The molecule has 2 N–H and O–H groups in total. The Bertz CT molecular complexity index is 1190. The number of carbonyl (C=O) groups excluding carboxylic acids is 2. The molecule has 0 aliphatic heterocycles. The fraction of sp³-hybridized carbons (Fsp3) is 0.125. The van der Waals surface area contributed by atoms with Crippen molar-refractivity contribution in [3.63, 3.8) is 0 Å². The van der Waals surface area contributed by atoms with Gasteiger partial charge in [0.25, 0.3) is 11.8 Å². The molecule has 0 spiro atoms. The second-order valence-corrected chi connectivity index (χ2v) is 9.08. The van der Waals surface area contributed by atoms with Crippen molar-refractivity contribution in [3.8, 4) is 0 Å². The van der Waals surface area contributed by atoms with Crippen LogP contribution in [0.4, 0.5) is 5.69 Å². The van der Waals surface area contributed by atoms with Gasteiger partial charge < -0.3 is 10.6 Å². The van der Waals surface area contributed by atoms with Crippen LogP contribution in [-0.4, -0.2) is 23.3 Å². The van der Waals surface area contributed by atoms with Crippen LogP contribution < -0.4 is 10.6 Å². The Morgan fingerprint density at radius 1 is 0.935 bits per heavy atom. The zero-order chi connectivity index (χ0) is 21.6. The van der Waals surface area contributed by atoms with Gasteiger partial charge in [-0.15, -0.1) is 11.3 Å². The average molecular weight is 448 g/mol. The molecule has 31 heavy (non-hydrogen) atoms. The van der Waals surface area contributed by atoms with Gasteiger partial charge in [-0.1, -0.05) is 42.1 Å². The quantitative estimate of drug-likeness (QED) is 0.362. The number of amides is 2. The van der Waals surface area contributed by atoms with Crippen LogP contribution in [0.2, 0.25) is 0 Å². The van der Waals surface area contributed by atoms with Crippen LogP contribution in [0.25, 0.3) is 10.2 Å². The lowest BCUT2D eigenvalue weighted by Gasteiger charge is -2.08. The van der Waals surface area contributed by atoms with Crippen molar-refractivity contribution in [2.75, 3.05) is 11.9 Å². The summed E-state index contributed by atoms with van der Waals surface area (Å²) in [6.45, 7) is 2.42. The first-order valence-corrected chi connectivity index (χ1v) is 11.7. The molecule has 1 aromatic heterocycles. The van der Waals surface area contributed by atoms with Crippen molar-refractivity contribution < 1.29 is 9.59 Å². The summed E-state index contributed by atoms with van der Waals surface area (Å²) >= 11 is 3.38. The number of anilines is 1. The van der Waals surface area contributed by atoms with E-state index in [2.05, 4.69) is 21.7 Å². The van der Waals surface area contributed by atoms with E-state index >= 15 is 0 Å². The van der Waals surface area contributed by atoms with Gasteiger partial charge in [0.2, 0.25) is 0 Å². The molecule has 1 heterocycles. The lowest BCUT2D eigenvalue weighted by atomic mass is 10.1. The number of carbonyl (C=O) groups is 2. The number of benzene rings is 3. The summed E-state index contributed by atoms with van der Waals surface area (Å²) in [4.78, 5) is 29.2. The molecule has 0 radical (unpaired) electrons. The highest BCUT2D eigenvalue weighted by Gasteiger charge is 2.10. The highest BCUT2D eigenvalue weighted by atomic mass is 32.2. The highest BCUT2D eigenvalue weighted by Crippen LogP contribution is 2.31. The van der Waals surface area contributed by atoms with E-state index in [1.165, 1.54) is 4.70 Å². The smallest absolute Gasteiger partial charge is 0.255 e. The molecular weight excluding hydrogens is 426 g/mol. The van der Waals surface area contributed by atoms with Gasteiger partial charge in [-0.25, -0.2) is 4.98 Å². The van der Waals surface area contributed by atoms with E-state index in [-0.39, 0.29) is 11.8 Å². The molecule has 0 fully saturated rings. The van der Waals surface area contributed by atoms with Gasteiger partial charge in [-0.05, 0) is 55.0 Å². The van der Waals surface area contributed by atoms with Crippen LogP contribution in [0.15, 0.2) is 77.1 Å². The van der Waals surface area contributed by atoms with E-state index in [0.29, 0.717) is 23.4 Å². The number of hydrogen-bond acceptors (Lipinski definition) is 5.